The van der Waals surface area contributed by atoms with E-state index in [-0.39, 0.29) is 5.75 Å². The molecule has 0 saturated carbocycles. The maximum absolute atomic E-state index is 12.8. The molecule has 122 valence electrons. The second kappa shape index (κ2) is 6.24. The SMILES string of the molecule is CC1CNCCc2cc(Oc3cccc(C(F)(F)F)c3)ccc21. The van der Waals surface area contributed by atoms with Gasteiger partial charge in [0.25, 0.3) is 0 Å². The Bertz CT molecular complexity index is 697. The number of rotatable bonds is 2. The molecule has 0 aromatic heterocycles. The molecule has 3 rings (SSSR count). The van der Waals surface area contributed by atoms with E-state index in [0.717, 1.165) is 31.6 Å². The number of alkyl halides is 3. The predicted molar refractivity (Wildman–Crippen MR) is 82.9 cm³/mol. The van der Waals surface area contributed by atoms with E-state index < -0.39 is 11.7 Å². The molecule has 1 aliphatic rings. The summed E-state index contributed by atoms with van der Waals surface area (Å²) in [6.07, 6.45) is -3.48. The molecule has 0 aliphatic carbocycles. The van der Waals surface area contributed by atoms with Gasteiger partial charge < -0.3 is 10.1 Å². The van der Waals surface area contributed by atoms with Crippen molar-refractivity contribution in [3.8, 4) is 11.5 Å². The van der Waals surface area contributed by atoms with Gasteiger partial charge in [-0.25, -0.2) is 0 Å². The van der Waals surface area contributed by atoms with Crippen molar-refractivity contribution < 1.29 is 17.9 Å². The fourth-order valence-corrected chi connectivity index (χ4v) is 2.87. The number of fused-ring (bicyclic) bond motifs is 1. The number of nitrogens with one attached hydrogen (secondary N) is 1. The molecular weight excluding hydrogens is 303 g/mol. The van der Waals surface area contributed by atoms with Crippen molar-refractivity contribution in [2.75, 3.05) is 13.1 Å². The second-order valence-electron chi connectivity index (χ2n) is 5.84. The molecule has 2 aromatic carbocycles. The monoisotopic (exact) mass is 321 g/mol. The minimum atomic E-state index is -4.37. The lowest BCUT2D eigenvalue weighted by molar-refractivity contribution is -0.137. The lowest BCUT2D eigenvalue weighted by atomic mass is 9.95. The van der Waals surface area contributed by atoms with Gasteiger partial charge in [0.2, 0.25) is 0 Å². The van der Waals surface area contributed by atoms with Crippen LogP contribution in [-0.2, 0) is 12.6 Å². The van der Waals surface area contributed by atoms with Crippen LogP contribution in [0.1, 0.15) is 29.5 Å². The van der Waals surface area contributed by atoms with Crippen LogP contribution in [0.15, 0.2) is 42.5 Å². The van der Waals surface area contributed by atoms with Gasteiger partial charge in [0, 0.05) is 6.54 Å². The molecule has 0 fully saturated rings. The van der Waals surface area contributed by atoms with Gasteiger partial charge in [0.1, 0.15) is 11.5 Å². The molecule has 1 N–H and O–H groups in total. The average molecular weight is 321 g/mol. The van der Waals surface area contributed by atoms with Crippen LogP contribution in [0.3, 0.4) is 0 Å². The standard InChI is InChI=1S/C18H18F3NO/c1-12-11-22-8-7-13-9-16(5-6-17(12)13)23-15-4-2-3-14(10-15)18(19,20)21/h2-6,9-10,12,22H,7-8,11H2,1H3. The van der Waals surface area contributed by atoms with Crippen LogP contribution in [0, 0.1) is 0 Å². The van der Waals surface area contributed by atoms with Crippen molar-refractivity contribution in [2.45, 2.75) is 25.4 Å². The van der Waals surface area contributed by atoms with E-state index in [2.05, 4.69) is 12.2 Å². The molecule has 1 aliphatic heterocycles. The molecule has 1 unspecified atom stereocenters. The van der Waals surface area contributed by atoms with Gasteiger partial charge in [-0.15, -0.1) is 0 Å². The number of hydrogen-bond donors (Lipinski definition) is 1. The van der Waals surface area contributed by atoms with Crippen molar-refractivity contribution in [1.82, 2.24) is 5.32 Å². The fraction of sp³-hybridized carbons (Fsp3) is 0.333. The highest BCUT2D eigenvalue weighted by Gasteiger charge is 2.30. The maximum Gasteiger partial charge on any atom is 0.416 e. The minimum absolute atomic E-state index is 0.194. The van der Waals surface area contributed by atoms with E-state index in [1.807, 2.05) is 18.2 Å². The Morgan fingerprint density at radius 2 is 1.87 bits per heavy atom. The smallest absolute Gasteiger partial charge is 0.416 e. The zero-order valence-electron chi connectivity index (χ0n) is 12.8. The largest absolute Gasteiger partial charge is 0.457 e. The molecule has 0 amide bonds. The van der Waals surface area contributed by atoms with Crippen molar-refractivity contribution in [2.24, 2.45) is 0 Å². The molecular formula is C18H18F3NO. The van der Waals surface area contributed by atoms with Crippen LogP contribution < -0.4 is 10.1 Å². The highest BCUT2D eigenvalue weighted by atomic mass is 19.4. The third kappa shape index (κ3) is 3.67. The minimum Gasteiger partial charge on any atom is -0.457 e. The Hall–Kier alpha value is -2.01. The molecule has 2 nitrogen and oxygen atoms in total. The lowest BCUT2D eigenvalue weighted by Gasteiger charge is -2.14. The number of hydrogen-bond acceptors (Lipinski definition) is 2. The van der Waals surface area contributed by atoms with Crippen molar-refractivity contribution in [3.05, 3.63) is 59.2 Å². The van der Waals surface area contributed by atoms with Gasteiger partial charge in [-0.1, -0.05) is 19.1 Å². The quantitative estimate of drug-likeness (QED) is 0.862. The van der Waals surface area contributed by atoms with Crippen molar-refractivity contribution in [3.63, 3.8) is 0 Å². The summed E-state index contributed by atoms with van der Waals surface area (Å²) in [5, 5.41) is 3.37. The molecule has 23 heavy (non-hydrogen) atoms. The van der Waals surface area contributed by atoms with Crippen LogP contribution in [0.4, 0.5) is 13.2 Å². The van der Waals surface area contributed by atoms with Gasteiger partial charge in [-0.2, -0.15) is 13.2 Å². The van der Waals surface area contributed by atoms with Crippen molar-refractivity contribution >= 4 is 0 Å². The van der Waals surface area contributed by atoms with E-state index in [1.54, 1.807) is 0 Å². The fourth-order valence-electron chi connectivity index (χ4n) is 2.87. The van der Waals surface area contributed by atoms with Gasteiger partial charge in [0.05, 0.1) is 5.56 Å². The molecule has 0 saturated heterocycles. The first-order valence-corrected chi connectivity index (χ1v) is 7.62. The molecule has 0 bridgehead atoms. The van der Waals surface area contributed by atoms with Gasteiger partial charge in [0.15, 0.2) is 0 Å². The summed E-state index contributed by atoms with van der Waals surface area (Å²) in [6.45, 7) is 3.98. The summed E-state index contributed by atoms with van der Waals surface area (Å²) in [4.78, 5) is 0. The highest BCUT2D eigenvalue weighted by Crippen LogP contribution is 2.33. The molecule has 0 spiro atoms. The zero-order valence-corrected chi connectivity index (χ0v) is 12.8. The van der Waals surface area contributed by atoms with E-state index in [0.29, 0.717) is 11.7 Å². The van der Waals surface area contributed by atoms with E-state index >= 15 is 0 Å². The summed E-state index contributed by atoms with van der Waals surface area (Å²) in [7, 11) is 0. The molecule has 1 heterocycles. The second-order valence-corrected chi connectivity index (χ2v) is 5.84. The molecule has 0 radical (unpaired) electrons. The Kier molecular flexibility index (Phi) is 4.31. The van der Waals surface area contributed by atoms with Gasteiger partial charge in [-0.3, -0.25) is 0 Å². The van der Waals surface area contributed by atoms with Crippen molar-refractivity contribution in [1.29, 1.82) is 0 Å². The van der Waals surface area contributed by atoms with E-state index in [9.17, 15) is 13.2 Å². The normalized spacial score (nSPS) is 18.2. The summed E-state index contributed by atoms with van der Waals surface area (Å²) in [5.74, 6) is 1.17. The lowest BCUT2D eigenvalue weighted by Crippen LogP contribution is -2.18. The zero-order chi connectivity index (χ0) is 16.4. The van der Waals surface area contributed by atoms with Gasteiger partial charge >= 0.3 is 6.18 Å². The predicted octanol–water partition coefficient (Wildman–Crippen LogP) is 4.75. The molecule has 5 heteroatoms. The highest BCUT2D eigenvalue weighted by molar-refractivity contribution is 5.41. The first-order chi connectivity index (χ1) is 10.9. The summed E-state index contributed by atoms with van der Waals surface area (Å²) in [5.41, 5.74) is 1.75. The third-order valence-corrected chi connectivity index (χ3v) is 4.06. The first kappa shape index (κ1) is 15.9. The Balaban J connectivity index is 1.85. The summed E-state index contributed by atoms with van der Waals surface area (Å²) < 4.78 is 43.9. The average Bonchev–Trinajstić information content (AvgIpc) is 2.68. The maximum atomic E-state index is 12.8. The number of ether oxygens (including phenoxy) is 1. The summed E-state index contributed by atoms with van der Waals surface area (Å²) in [6, 6.07) is 10.7. The van der Waals surface area contributed by atoms with Crippen LogP contribution in [0.5, 0.6) is 11.5 Å². The Morgan fingerprint density at radius 3 is 2.65 bits per heavy atom. The van der Waals surface area contributed by atoms with Gasteiger partial charge in [-0.05, 0) is 60.3 Å². The number of halogens is 3. The van der Waals surface area contributed by atoms with E-state index in [4.69, 9.17) is 4.74 Å². The summed E-state index contributed by atoms with van der Waals surface area (Å²) >= 11 is 0. The van der Waals surface area contributed by atoms with Crippen LogP contribution >= 0.6 is 0 Å². The Morgan fingerprint density at radius 1 is 1.09 bits per heavy atom. The van der Waals surface area contributed by atoms with Crippen LogP contribution in [-0.4, -0.2) is 13.1 Å². The van der Waals surface area contributed by atoms with Crippen LogP contribution in [0.2, 0.25) is 0 Å². The Labute approximate surface area is 133 Å². The third-order valence-electron chi connectivity index (χ3n) is 4.06. The van der Waals surface area contributed by atoms with Crippen LogP contribution in [0.25, 0.3) is 0 Å². The van der Waals surface area contributed by atoms with E-state index in [1.165, 1.54) is 23.3 Å². The topological polar surface area (TPSA) is 21.3 Å². The first-order valence-electron chi connectivity index (χ1n) is 7.62. The molecule has 1 atom stereocenters. The molecule has 2 aromatic rings. The number of benzene rings is 2.